The third-order valence-corrected chi connectivity index (χ3v) is 3.99. The Morgan fingerprint density at radius 1 is 1.32 bits per heavy atom. The number of benzene rings is 1. The van der Waals surface area contributed by atoms with E-state index in [4.69, 9.17) is 5.14 Å². The zero-order chi connectivity index (χ0) is 16.5. The number of sulfonamides is 1. The standard InChI is InChI=1S/C12H13F3N2O4S/c13-12(14,15)21-10-4-2-1-3-9(10)17-6-8(5-11(17)18)7-22(16,19)20/h1-4,8H,5-7H2,(H2,16,19,20). The predicted octanol–water partition coefficient (Wildman–Crippen LogP) is 1.23. The summed E-state index contributed by atoms with van der Waals surface area (Å²) in [5, 5.41) is 4.93. The number of ether oxygens (including phenoxy) is 1. The van der Waals surface area contributed by atoms with Crippen LogP contribution >= 0.6 is 0 Å². The lowest BCUT2D eigenvalue weighted by molar-refractivity contribution is -0.274. The van der Waals surface area contributed by atoms with Crippen molar-refractivity contribution >= 4 is 21.6 Å². The van der Waals surface area contributed by atoms with Gasteiger partial charge in [-0.25, -0.2) is 13.6 Å². The molecule has 1 aliphatic rings. The van der Waals surface area contributed by atoms with Gasteiger partial charge in [0.1, 0.15) is 0 Å². The summed E-state index contributed by atoms with van der Waals surface area (Å²) in [4.78, 5) is 13.0. The van der Waals surface area contributed by atoms with Gasteiger partial charge in [0.25, 0.3) is 0 Å². The molecule has 0 aromatic heterocycles. The van der Waals surface area contributed by atoms with Crippen LogP contribution in [0.4, 0.5) is 18.9 Å². The van der Waals surface area contributed by atoms with Crippen molar-refractivity contribution in [3.63, 3.8) is 0 Å². The molecule has 1 atom stereocenters. The highest BCUT2D eigenvalue weighted by atomic mass is 32.2. The third-order valence-electron chi connectivity index (χ3n) is 3.05. The monoisotopic (exact) mass is 338 g/mol. The number of primary sulfonamides is 1. The van der Waals surface area contributed by atoms with E-state index >= 15 is 0 Å². The quantitative estimate of drug-likeness (QED) is 0.894. The van der Waals surface area contributed by atoms with Crippen LogP contribution < -0.4 is 14.8 Å². The molecule has 0 saturated carbocycles. The summed E-state index contributed by atoms with van der Waals surface area (Å²) in [7, 11) is -3.77. The molecule has 1 aromatic rings. The van der Waals surface area contributed by atoms with Crippen LogP contribution in [0.2, 0.25) is 0 Å². The lowest BCUT2D eigenvalue weighted by atomic mass is 10.1. The van der Waals surface area contributed by atoms with E-state index in [1.807, 2.05) is 0 Å². The second-order valence-corrected chi connectivity index (χ2v) is 6.58. The van der Waals surface area contributed by atoms with Crippen LogP contribution in [-0.4, -0.2) is 33.0 Å². The van der Waals surface area contributed by atoms with Gasteiger partial charge in [0, 0.05) is 18.9 Å². The molecule has 0 radical (unpaired) electrons. The Morgan fingerprint density at radius 3 is 2.55 bits per heavy atom. The van der Waals surface area contributed by atoms with Crippen LogP contribution in [0, 0.1) is 5.92 Å². The first kappa shape index (κ1) is 16.6. The number of nitrogens with two attached hydrogens (primary N) is 1. The van der Waals surface area contributed by atoms with Crippen molar-refractivity contribution in [2.45, 2.75) is 12.8 Å². The van der Waals surface area contributed by atoms with Crippen molar-refractivity contribution in [3.8, 4) is 5.75 Å². The first-order valence-electron chi connectivity index (χ1n) is 6.21. The van der Waals surface area contributed by atoms with Gasteiger partial charge < -0.3 is 9.64 Å². The summed E-state index contributed by atoms with van der Waals surface area (Å²) < 4.78 is 63.2. The van der Waals surface area contributed by atoms with Gasteiger partial charge in [0.05, 0.1) is 11.4 Å². The largest absolute Gasteiger partial charge is 0.573 e. The van der Waals surface area contributed by atoms with Gasteiger partial charge in [-0.15, -0.1) is 13.2 Å². The smallest absolute Gasteiger partial charge is 0.404 e. The lowest BCUT2D eigenvalue weighted by Gasteiger charge is -2.20. The van der Waals surface area contributed by atoms with Crippen LogP contribution in [0.1, 0.15) is 6.42 Å². The molecule has 122 valence electrons. The van der Waals surface area contributed by atoms with Gasteiger partial charge in [-0.3, -0.25) is 4.79 Å². The third kappa shape index (κ3) is 4.34. The van der Waals surface area contributed by atoms with Gasteiger partial charge >= 0.3 is 6.36 Å². The van der Waals surface area contributed by atoms with E-state index < -0.39 is 39.7 Å². The fourth-order valence-electron chi connectivity index (χ4n) is 2.35. The number of alkyl halides is 3. The Labute approximate surface area is 124 Å². The number of hydrogen-bond acceptors (Lipinski definition) is 4. The SMILES string of the molecule is NS(=O)(=O)CC1CC(=O)N(c2ccccc2OC(F)(F)F)C1. The normalized spacial score (nSPS) is 19.5. The van der Waals surface area contributed by atoms with Crippen LogP contribution in [0.3, 0.4) is 0 Å². The highest BCUT2D eigenvalue weighted by Gasteiger charge is 2.37. The Kier molecular flexibility index (Phi) is 4.34. The van der Waals surface area contributed by atoms with E-state index in [9.17, 15) is 26.4 Å². The van der Waals surface area contributed by atoms with E-state index in [1.165, 1.54) is 18.2 Å². The molecule has 1 aromatic carbocycles. The Bertz CT molecular complexity index is 675. The Hall–Kier alpha value is -1.81. The zero-order valence-corrected chi connectivity index (χ0v) is 12.0. The number of carbonyl (C=O) groups excluding carboxylic acids is 1. The minimum atomic E-state index is -4.89. The summed E-state index contributed by atoms with van der Waals surface area (Å²) in [6.45, 7) is -0.0342. The van der Waals surface area contributed by atoms with Crippen molar-refractivity contribution < 1.29 is 31.1 Å². The number of para-hydroxylation sites is 2. The number of hydrogen-bond donors (Lipinski definition) is 1. The average molecular weight is 338 g/mol. The Balaban J connectivity index is 2.24. The molecule has 2 rings (SSSR count). The molecule has 0 spiro atoms. The van der Waals surface area contributed by atoms with Crippen LogP contribution in [0.5, 0.6) is 5.75 Å². The number of anilines is 1. The number of nitrogens with zero attached hydrogens (tertiary/aromatic N) is 1. The maximum Gasteiger partial charge on any atom is 0.573 e. The van der Waals surface area contributed by atoms with Gasteiger partial charge in [0.2, 0.25) is 15.9 Å². The van der Waals surface area contributed by atoms with Crippen molar-refractivity contribution in [1.29, 1.82) is 0 Å². The summed E-state index contributed by atoms with van der Waals surface area (Å²) in [6, 6.07) is 5.19. The molecule has 2 N–H and O–H groups in total. The highest BCUT2D eigenvalue weighted by Crippen LogP contribution is 2.36. The molecule has 1 saturated heterocycles. The molecule has 0 bridgehead atoms. The highest BCUT2D eigenvalue weighted by molar-refractivity contribution is 7.89. The maximum atomic E-state index is 12.4. The number of carbonyl (C=O) groups is 1. The second kappa shape index (κ2) is 5.76. The van der Waals surface area contributed by atoms with E-state index in [-0.39, 0.29) is 18.7 Å². The fraction of sp³-hybridized carbons (Fsp3) is 0.417. The van der Waals surface area contributed by atoms with Crippen LogP contribution in [-0.2, 0) is 14.8 Å². The van der Waals surface area contributed by atoms with Crippen LogP contribution in [0.15, 0.2) is 24.3 Å². The number of amides is 1. The van der Waals surface area contributed by atoms with Crippen molar-refractivity contribution in [1.82, 2.24) is 0 Å². The molecule has 1 aliphatic heterocycles. The Morgan fingerprint density at radius 2 is 1.95 bits per heavy atom. The van der Waals surface area contributed by atoms with Crippen molar-refractivity contribution in [3.05, 3.63) is 24.3 Å². The molecular weight excluding hydrogens is 325 g/mol. The van der Waals surface area contributed by atoms with Crippen LogP contribution in [0.25, 0.3) is 0 Å². The summed E-state index contributed by atoms with van der Waals surface area (Å²) in [6.07, 6.45) is -4.99. The van der Waals surface area contributed by atoms with E-state index in [0.717, 1.165) is 11.0 Å². The molecule has 10 heteroatoms. The van der Waals surface area contributed by atoms with Gasteiger partial charge in [-0.05, 0) is 12.1 Å². The molecule has 22 heavy (non-hydrogen) atoms. The van der Waals surface area contributed by atoms with Gasteiger partial charge in [-0.1, -0.05) is 12.1 Å². The van der Waals surface area contributed by atoms with E-state index in [2.05, 4.69) is 4.74 Å². The predicted molar refractivity (Wildman–Crippen MR) is 71.6 cm³/mol. The molecule has 1 amide bonds. The molecule has 1 heterocycles. The summed E-state index contributed by atoms with van der Waals surface area (Å²) in [5.74, 6) is -1.97. The first-order valence-corrected chi connectivity index (χ1v) is 7.92. The van der Waals surface area contributed by atoms with Gasteiger partial charge in [0.15, 0.2) is 5.75 Å². The minimum absolute atomic E-state index is 0.0342. The molecule has 6 nitrogen and oxygen atoms in total. The van der Waals surface area contributed by atoms with E-state index in [0.29, 0.717) is 0 Å². The first-order chi connectivity index (χ1) is 10.1. The maximum absolute atomic E-state index is 12.4. The minimum Gasteiger partial charge on any atom is -0.404 e. The van der Waals surface area contributed by atoms with E-state index in [1.54, 1.807) is 0 Å². The molecule has 0 aliphatic carbocycles. The summed E-state index contributed by atoms with van der Waals surface area (Å²) in [5.41, 5.74) is -0.0539. The number of rotatable bonds is 4. The molecular formula is C12H13F3N2O4S. The average Bonchev–Trinajstić information content (AvgIpc) is 2.66. The zero-order valence-electron chi connectivity index (χ0n) is 11.2. The summed E-state index contributed by atoms with van der Waals surface area (Å²) >= 11 is 0. The number of halogens is 3. The van der Waals surface area contributed by atoms with Crippen molar-refractivity contribution in [2.24, 2.45) is 11.1 Å². The topological polar surface area (TPSA) is 89.7 Å². The lowest BCUT2D eigenvalue weighted by Crippen LogP contribution is -2.28. The molecule has 1 unspecified atom stereocenters. The van der Waals surface area contributed by atoms with Crippen molar-refractivity contribution in [2.75, 3.05) is 17.2 Å². The molecule has 1 fully saturated rings. The fourth-order valence-corrected chi connectivity index (χ4v) is 3.23. The second-order valence-electron chi connectivity index (χ2n) is 4.92. The van der Waals surface area contributed by atoms with Gasteiger partial charge in [-0.2, -0.15) is 0 Å².